The second-order valence-corrected chi connectivity index (χ2v) is 9.33. The van der Waals surface area contributed by atoms with Crippen LogP contribution >= 0.6 is 0 Å². The minimum absolute atomic E-state index is 0.0472. The number of hydrogen-bond acceptors (Lipinski definition) is 7. The molecule has 6 rings (SSSR count). The standard InChI is InChI=1S/C26H21FN4O5/c1-13-12-31-19-10-17(27)15(7-8-21-28-18-5-3-4-6-20(18)36-21)9-16(19)11-26(22(31)14(2)35-13)23(32)29-25(34)30-24(26)33/h3-6,9-10,13-14,22H,11-12H2,1-2H3,(H2,29,30,32,33,34)/t13-,14+,22-/m1/s1. The first-order valence-corrected chi connectivity index (χ1v) is 11.6. The minimum atomic E-state index is -1.64. The zero-order chi connectivity index (χ0) is 25.2. The van der Waals surface area contributed by atoms with Gasteiger partial charge in [-0.1, -0.05) is 18.1 Å². The molecule has 3 aliphatic rings. The van der Waals surface area contributed by atoms with Crippen molar-refractivity contribution < 1.29 is 27.9 Å². The number of ether oxygens (including phenoxy) is 1. The van der Waals surface area contributed by atoms with Gasteiger partial charge < -0.3 is 14.1 Å². The first-order valence-electron chi connectivity index (χ1n) is 11.6. The van der Waals surface area contributed by atoms with Gasteiger partial charge in [0.15, 0.2) is 11.0 Å². The van der Waals surface area contributed by atoms with Crippen LogP contribution in [0.3, 0.4) is 0 Å². The lowest BCUT2D eigenvalue weighted by atomic mass is 9.66. The van der Waals surface area contributed by atoms with E-state index in [1.54, 1.807) is 25.1 Å². The van der Waals surface area contributed by atoms with Crippen molar-refractivity contribution >= 4 is 34.6 Å². The number of nitrogens with zero attached hydrogens (tertiary/aromatic N) is 2. The highest BCUT2D eigenvalue weighted by molar-refractivity contribution is 6.20. The molecule has 3 atom stereocenters. The van der Waals surface area contributed by atoms with Crippen molar-refractivity contribution in [2.45, 2.75) is 38.5 Å². The molecule has 1 spiro atoms. The molecule has 4 heterocycles. The van der Waals surface area contributed by atoms with Gasteiger partial charge in [-0.25, -0.2) is 14.2 Å². The molecule has 2 fully saturated rings. The Morgan fingerprint density at radius 1 is 1.11 bits per heavy atom. The summed E-state index contributed by atoms with van der Waals surface area (Å²) in [5.74, 6) is 3.72. The highest BCUT2D eigenvalue weighted by atomic mass is 19.1. The molecular weight excluding hydrogens is 467 g/mol. The predicted octanol–water partition coefficient (Wildman–Crippen LogP) is 2.26. The summed E-state index contributed by atoms with van der Waals surface area (Å²) in [4.78, 5) is 44.4. The van der Waals surface area contributed by atoms with Crippen LogP contribution in [0.5, 0.6) is 0 Å². The average molecular weight is 488 g/mol. The molecule has 2 saturated heterocycles. The van der Waals surface area contributed by atoms with Crippen molar-refractivity contribution in [2.24, 2.45) is 5.41 Å². The van der Waals surface area contributed by atoms with Crippen LogP contribution in [0.25, 0.3) is 11.1 Å². The number of nitrogens with one attached hydrogen (secondary N) is 2. The van der Waals surface area contributed by atoms with Crippen LogP contribution in [-0.2, 0) is 20.7 Å². The van der Waals surface area contributed by atoms with Gasteiger partial charge >= 0.3 is 6.03 Å². The van der Waals surface area contributed by atoms with E-state index in [0.717, 1.165) is 0 Å². The van der Waals surface area contributed by atoms with Crippen LogP contribution in [0.4, 0.5) is 14.9 Å². The quantitative estimate of drug-likeness (QED) is 0.369. The topological polar surface area (TPSA) is 114 Å². The lowest BCUT2D eigenvalue weighted by Crippen LogP contribution is -2.75. The number of halogens is 1. The summed E-state index contributed by atoms with van der Waals surface area (Å²) >= 11 is 0. The molecule has 1 aromatic heterocycles. The molecule has 0 aliphatic carbocycles. The largest absolute Gasteiger partial charge is 0.430 e. The Hall–Kier alpha value is -4.23. The molecular formula is C26H21FN4O5. The van der Waals surface area contributed by atoms with Gasteiger partial charge in [-0.15, -0.1) is 0 Å². The number of para-hydroxylation sites is 2. The van der Waals surface area contributed by atoms with E-state index < -0.39 is 41.2 Å². The Morgan fingerprint density at radius 3 is 2.61 bits per heavy atom. The van der Waals surface area contributed by atoms with Crippen molar-refractivity contribution in [3.8, 4) is 11.8 Å². The number of anilines is 1. The van der Waals surface area contributed by atoms with Crippen molar-refractivity contribution in [1.29, 1.82) is 0 Å². The van der Waals surface area contributed by atoms with E-state index in [-0.39, 0.29) is 24.0 Å². The lowest BCUT2D eigenvalue weighted by molar-refractivity contribution is -0.153. The fourth-order valence-electron chi connectivity index (χ4n) is 5.60. The highest BCUT2D eigenvalue weighted by Crippen LogP contribution is 2.47. The van der Waals surface area contributed by atoms with Crippen molar-refractivity contribution in [3.63, 3.8) is 0 Å². The molecule has 3 aliphatic heterocycles. The fourth-order valence-corrected chi connectivity index (χ4v) is 5.60. The Labute approximate surface area is 205 Å². The van der Waals surface area contributed by atoms with Crippen molar-refractivity contribution in [3.05, 3.63) is 59.2 Å². The van der Waals surface area contributed by atoms with Crippen LogP contribution in [0.1, 0.15) is 30.9 Å². The number of amides is 4. The second-order valence-electron chi connectivity index (χ2n) is 9.33. The minimum Gasteiger partial charge on any atom is -0.430 e. The molecule has 10 heteroatoms. The summed E-state index contributed by atoms with van der Waals surface area (Å²) in [6, 6.07) is 8.51. The summed E-state index contributed by atoms with van der Waals surface area (Å²) in [5.41, 5.74) is 0.779. The maximum absolute atomic E-state index is 15.3. The van der Waals surface area contributed by atoms with Gasteiger partial charge in [0.05, 0.1) is 23.8 Å². The monoisotopic (exact) mass is 488 g/mol. The van der Waals surface area contributed by atoms with Crippen LogP contribution in [0.15, 0.2) is 40.8 Å². The number of barbiturate groups is 1. The first-order chi connectivity index (χ1) is 17.3. The van der Waals surface area contributed by atoms with Crippen LogP contribution in [0.2, 0.25) is 0 Å². The third-order valence-electron chi connectivity index (χ3n) is 7.00. The van der Waals surface area contributed by atoms with Gasteiger partial charge in [0.2, 0.25) is 11.8 Å². The first kappa shape index (κ1) is 22.2. The Bertz CT molecular complexity index is 1470. The highest BCUT2D eigenvalue weighted by Gasteiger charge is 2.62. The number of benzene rings is 2. The van der Waals surface area contributed by atoms with Crippen LogP contribution in [-0.4, -0.2) is 47.6 Å². The average Bonchev–Trinajstić information content (AvgIpc) is 3.24. The zero-order valence-corrected chi connectivity index (χ0v) is 19.4. The van der Waals surface area contributed by atoms with Crippen LogP contribution < -0.4 is 15.5 Å². The summed E-state index contributed by atoms with van der Waals surface area (Å²) in [5, 5.41) is 4.47. The van der Waals surface area contributed by atoms with E-state index in [1.807, 2.05) is 24.0 Å². The van der Waals surface area contributed by atoms with Crippen LogP contribution in [0, 0.1) is 23.1 Å². The van der Waals surface area contributed by atoms with Gasteiger partial charge in [-0.05, 0) is 56.0 Å². The molecule has 36 heavy (non-hydrogen) atoms. The Balaban J connectivity index is 1.46. The molecule has 4 amide bonds. The van der Waals surface area contributed by atoms with Gasteiger partial charge in [0.1, 0.15) is 11.3 Å². The number of fused-ring (bicyclic) bond motifs is 5. The second kappa shape index (κ2) is 7.90. The molecule has 2 N–H and O–H groups in total. The molecule has 9 nitrogen and oxygen atoms in total. The van der Waals surface area contributed by atoms with Gasteiger partial charge in [-0.3, -0.25) is 20.2 Å². The SMILES string of the molecule is C[C@@H]1CN2c3cc(F)c(C#Cc4nc5ccccc5o4)cc3CC3(C(=O)NC(=O)NC3=O)[C@H]2[C@H](C)O1. The van der Waals surface area contributed by atoms with E-state index in [4.69, 9.17) is 9.15 Å². The van der Waals surface area contributed by atoms with E-state index in [1.165, 1.54) is 6.07 Å². The third kappa shape index (κ3) is 3.27. The van der Waals surface area contributed by atoms with E-state index in [9.17, 15) is 14.4 Å². The smallest absolute Gasteiger partial charge is 0.328 e. The molecule has 0 unspecified atom stereocenters. The summed E-state index contributed by atoms with van der Waals surface area (Å²) in [6.45, 7) is 3.98. The van der Waals surface area contributed by atoms with Gasteiger partial charge in [0.25, 0.3) is 5.89 Å². The summed E-state index contributed by atoms with van der Waals surface area (Å²) < 4.78 is 26.8. The van der Waals surface area contributed by atoms with Crippen molar-refractivity contribution in [2.75, 3.05) is 11.4 Å². The maximum atomic E-state index is 15.3. The van der Waals surface area contributed by atoms with Crippen molar-refractivity contribution in [1.82, 2.24) is 15.6 Å². The third-order valence-corrected chi connectivity index (χ3v) is 7.00. The molecule has 2 aromatic carbocycles. The Morgan fingerprint density at radius 2 is 1.86 bits per heavy atom. The van der Waals surface area contributed by atoms with E-state index in [2.05, 4.69) is 27.5 Å². The number of carbonyl (C=O) groups is 3. The van der Waals surface area contributed by atoms with E-state index in [0.29, 0.717) is 28.9 Å². The number of carbonyl (C=O) groups excluding carboxylic acids is 3. The number of hydrogen-bond donors (Lipinski definition) is 2. The lowest BCUT2D eigenvalue weighted by Gasteiger charge is -2.55. The molecule has 182 valence electrons. The van der Waals surface area contributed by atoms with E-state index >= 15 is 4.39 Å². The maximum Gasteiger partial charge on any atom is 0.328 e. The number of aromatic nitrogens is 1. The fraction of sp³-hybridized carbons (Fsp3) is 0.308. The normalized spacial score (nSPS) is 24.5. The molecule has 0 bridgehead atoms. The Kier molecular flexibility index (Phi) is 4.88. The predicted molar refractivity (Wildman–Crippen MR) is 125 cm³/mol. The number of urea groups is 1. The summed E-state index contributed by atoms with van der Waals surface area (Å²) in [6.07, 6.45) is -0.806. The number of rotatable bonds is 0. The number of oxazole rings is 1. The molecule has 0 radical (unpaired) electrons. The zero-order valence-electron chi connectivity index (χ0n) is 19.4. The van der Waals surface area contributed by atoms with Gasteiger partial charge in [0, 0.05) is 12.2 Å². The summed E-state index contributed by atoms with van der Waals surface area (Å²) in [7, 11) is 0. The number of imide groups is 2. The van der Waals surface area contributed by atoms with Gasteiger partial charge in [-0.2, -0.15) is 0 Å². The molecule has 0 saturated carbocycles. The number of morpholine rings is 1. The molecule has 3 aromatic rings.